The first-order chi connectivity index (χ1) is 30.2. The third-order valence-electron chi connectivity index (χ3n) is 12.0. The van der Waals surface area contributed by atoms with Crippen LogP contribution < -0.4 is 0 Å². The van der Waals surface area contributed by atoms with Crippen LogP contribution in [0.3, 0.4) is 0 Å². The second-order valence-electron chi connectivity index (χ2n) is 15.6. The Labute approximate surface area is 353 Å². The maximum atomic E-state index is 5.27. The van der Waals surface area contributed by atoms with Crippen molar-refractivity contribution in [3.8, 4) is 95.5 Å². The van der Waals surface area contributed by atoms with Gasteiger partial charge in [0, 0.05) is 33.4 Å². The number of fused-ring (bicyclic) bond motifs is 6. The van der Waals surface area contributed by atoms with Crippen LogP contribution in [-0.2, 0) is 0 Å². The lowest BCUT2D eigenvalue weighted by atomic mass is 9.94. The van der Waals surface area contributed by atoms with Crippen LogP contribution in [-0.4, -0.2) is 19.5 Å². The minimum Gasteiger partial charge on any atom is -0.291 e. The molecule has 61 heavy (non-hydrogen) atoms. The quantitative estimate of drug-likeness (QED) is 0.169. The van der Waals surface area contributed by atoms with Crippen molar-refractivity contribution in [3.63, 3.8) is 0 Å². The minimum atomic E-state index is 0.693. The first kappa shape index (κ1) is 34.8. The minimum absolute atomic E-state index is 0.693. The van der Waals surface area contributed by atoms with E-state index in [0.29, 0.717) is 5.82 Å². The summed E-state index contributed by atoms with van der Waals surface area (Å²) in [4.78, 5) is 15.6. The van der Waals surface area contributed by atoms with Gasteiger partial charge in [-0.1, -0.05) is 182 Å². The monoisotopic (exact) mass is 776 g/mol. The molecule has 0 unspecified atom stereocenters. The van der Waals surface area contributed by atoms with Crippen LogP contribution in [0, 0.1) is 0 Å². The summed E-state index contributed by atoms with van der Waals surface area (Å²) in [6, 6.07) is 77.5. The lowest BCUT2D eigenvalue weighted by Gasteiger charge is -2.13. The molecule has 4 heteroatoms. The third-order valence-corrected chi connectivity index (χ3v) is 12.0. The molecule has 0 radical (unpaired) electrons. The van der Waals surface area contributed by atoms with Crippen LogP contribution in [0.25, 0.3) is 117 Å². The van der Waals surface area contributed by atoms with E-state index in [-0.39, 0.29) is 0 Å². The summed E-state index contributed by atoms with van der Waals surface area (Å²) < 4.78 is 2.35. The van der Waals surface area contributed by atoms with Crippen molar-refractivity contribution >= 4 is 21.8 Å². The molecule has 12 rings (SSSR count). The molecular weight excluding hydrogens is 741 g/mol. The molecule has 2 aromatic heterocycles. The highest BCUT2D eigenvalue weighted by molar-refractivity contribution is 6.03. The average molecular weight is 777 g/mol. The SMILES string of the molecule is c1ccc(-c2cc(-c3ccc4ccccc4c3)nc(-c3cccc(-c4cccc(-c5ccc(-c6nc7cccc8c7n6-c6ccccc6-c6ccccc6-8)cc5)c4)c3)n2)cc1. The predicted octanol–water partition coefficient (Wildman–Crippen LogP) is 14.6. The summed E-state index contributed by atoms with van der Waals surface area (Å²) in [6.45, 7) is 0. The molecule has 0 amide bonds. The van der Waals surface area contributed by atoms with E-state index in [9.17, 15) is 0 Å². The van der Waals surface area contributed by atoms with Crippen molar-refractivity contribution in [1.29, 1.82) is 0 Å². The van der Waals surface area contributed by atoms with Crippen molar-refractivity contribution < 1.29 is 0 Å². The summed E-state index contributed by atoms with van der Waals surface area (Å²) in [5.41, 5.74) is 18.6. The second kappa shape index (κ2) is 14.3. The Morgan fingerprint density at radius 2 is 0.836 bits per heavy atom. The van der Waals surface area contributed by atoms with Gasteiger partial charge in [0.25, 0.3) is 0 Å². The molecule has 4 nitrogen and oxygen atoms in total. The number of para-hydroxylation sites is 2. The normalized spacial score (nSPS) is 11.6. The molecule has 284 valence electrons. The van der Waals surface area contributed by atoms with Crippen molar-refractivity contribution in [2.75, 3.05) is 0 Å². The second-order valence-corrected chi connectivity index (χ2v) is 15.6. The van der Waals surface area contributed by atoms with Gasteiger partial charge in [-0.2, -0.15) is 0 Å². The fourth-order valence-electron chi connectivity index (χ4n) is 8.98. The van der Waals surface area contributed by atoms with E-state index in [4.69, 9.17) is 15.0 Å². The smallest absolute Gasteiger partial charge is 0.160 e. The Balaban J connectivity index is 0.903. The van der Waals surface area contributed by atoms with Crippen molar-refractivity contribution in [2.45, 2.75) is 0 Å². The molecule has 0 saturated carbocycles. The zero-order chi connectivity index (χ0) is 40.3. The molecule has 0 bridgehead atoms. The Hall–Kier alpha value is -8.21. The molecule has 0 atom stereocenters. The number of hydrogen-bond acceptors (Lipinski definition) is 3. The number of rotatable bonds is 6. The number of benzene rings is 9. The van der Waals surface area contributed by atoms with E-state index < -0.39 is 0 Å². The molecule has 0 saturated heterocycles. The Morgan fingerprint density at radius 3 is 1.62 bits per heavy atom. The number of aromatic nitrogens is 4. The zero-order valence-electron chi connectivity index (χ0n) is 33.1. The maximum absolute atomic E-state index is 5.27. The molecule has 0 fully saturated rings. The van der Waals surface area contributed by atoms with Crippen LogP contribution in [0.5, 0.6) is 0 Å². The van der Waals surface area contributed by atoms with Gasteiger partial charge in [-0.15, -0.1) is 0 Å². The van der Waals surface area contributed by atoms with Crippen LogP contribution in [0.2, 0.25) is 0 Å². The standard InChI is InChI=1S/C57H36N4/c1-2-14-39(15-3-1)52-36-53(45-32-29-37-13-4-5-16-41(37)34-45)59-56(58-52)46-20-11-19-44(35-46)43-18-10-17-42(33-43)38-27-30-40(31-28-38)57-60-51-25-12-24-50-48-22-7-6-21-47(48)49-23-8-9-26-54(49)61(57)55(50)51/h1-36H. The molecule has 0 aliphatic carbocycles. The van der Waals surface area contributed by atoms with Gasteiger partial charge in [-0.05, 0) is 80.6 Å². The molecule has 1 aliphatic heterocycles. The van der Waals surface area contributed by atoms with Gasteiger partial charge in [-0.3, -0.25) is 4.57 Å². The van der Waals surface area contributed by atoms with E-state index in [2.05, 4.69) is 217 Å². The summed E-state index contributed by atoms with van der Waals surface area (Å²) in [5.74, 6) is 1.63. The number of nitrogens with zero attached hydrogens (tertiary/aromatic N) is 4. The van der Waals surface area contributed by atoms with Gasteiger partial charge in [-0.25, -0.2) is 15.0 Å². The van der Waals surface area contributed by atoms with E-state index >= 15 is 0 Å². The van der Waals surface area contributed by atoms with Crippen LogP contribution >= 0.6 is 0 Å². The van der Waals surface area contributed by atoms with E-state index in [1.54, 1.807) is 0 Å². The topological polar surface area (TPSA) is 43.6 Å². The molecule has 11 aromatic rings. The van der Waals surface area contributed by atoms with E-state index in [0.717, 1.165) is 78.4 Å². The third kappa shape index (κ3) is 6.04. The van der Waals surface area contributed by atoms with Crippen LogP contribution in [0.4, 0.5) is 0 Å². The zero-order valence-corrected chi connectivity index (χ0v) is 33.1. The highest BCUT2D eigenvalue weighted by Gasteiger charge is 2.25. The fourth-order valence-corrected chi connectivity index (χ4v) is 8.98. The number of imidazole rings is 1. The number of hydrogen-bond donors (Lipinski definition) is 0. The van der Waals surface area contributed by atoms with E-state index in [1.807, 2.05) is 6.07 Å². The van der Waals surface area contributed by atoms with Gasteiger partial charge in [0.15, 0.2) is 5.82 Å². The van der Waals surface area contributed by atoms with Crippen molar-refractivity contribution in [1.82, 2.24) is 19.5 Å². The summed E-state index contributed by atoms with van der Waals surface area (Å²) in [6.07, 6.45) is 0. The van der Waals surface area contributed by atoms with Gasteiger partial charge >= 0.3 is 0 Å². The largest absolute Gasteiger partial charge is 0.291 e. The molecule has 3 heterocycles. The summed E-state index contributed by atoms with van der Waals surface area (Å²) >= 11 is 0. The molecule has 0 N–H and O–H groups in total. The lowest BCUT2D eigenvalue weighted by molar-refractivity contribution is 1.11. The van der Waals surface area contributed by atoms with Crippen LogP contribution in [0.1, 0.15) is 0 Å². The van der Waals surface area contributed by atoms with Crippen molar-refractivity contribution in [2.24, 2.45) is 0 Å². The highest BCUT2D eigenvalue weighted by Crippen LogP contribution is 2.45. The van der Waals surface area contributed by atoms with Gasteiger partial charge in [0.1, 0.15) is 5.82 Å². The molecule has 9 aromatic carbocycles. The Kier molecular flexibility index (Phi) is 8.13. The van der Waals surface area contributed by atoms with Crippen LogP contribution in [0.15, 0.2) is 218 Å². The fraction of sp³-hybridized carbons (Fsp3) is 0. The average Bonchev–Trinajstić information content (AvgIpc) is 3.68. The predicted molar refractivity (Wildman–Crippen MR) is 251 cm³/mol. The first-order valence-corrected chi connectivity index (χ1v) is 20.7. The Bertz CT molecular complexity index is 3470. The molecule has 1 aliphatic rings. The summed E-state index contributed by atoms with van der Waals surface area (Å²) in [5, 5.41) is 2.39. The van der Waals surface area contributed by atoms with Gasteiger partial charge in [0.05, 0.1) is 28.1 Å². The Morgan fingerprint density at radius 1 is 0.295 bits per heavy atom. The maximum Gasteiger partial charge on any atom is 0.160 e. The molecule has 0 spiro atoms. The first-order valence-electron chi connectivity index (χ1n) is 20.7. The summed E-state index contributed by atoms with van der Waals surface area (Å²) in [7, 11) is 0. The van der Waals surface area contributed by atoms with Crippen molar-refractivity contribution in [3.05, 3.63) is 218 Å². The highest BCUT2D eigenvalue weighted by atomic mass is 15.1. The van der Waals surface area contributed by atoms with Gasteiger partial charge in [0.2, 0.25) is 0 Å². The lowest BCUT2D eigenvalue weighted by Crippen LogP contribution is -1.99. The van der Waals surface area contributed by atoms with Gasteiger partial charge < -0.3 is 0 Å². The molecular formula is C57H36N4. The van der Waals surface area contributed by atoms with E-state index in [1.165, 1.54) is 33.0 Å².